The summed E-state index contributed by atoms with van der Waals surface area (Å²) in [6, 6.07) is 3.71. The van der Waals surface area contributed by atoms with Crippen LogP contribution < -0.4 is 5.73 Å². The number of nitrogens with two attached hydrogens (primary N) is 1. The van der Waals surface area contributed by atoms with Crippen molar-refractivity contribution < 1.29 is 8.78 Å². The Labute approximate surface area is 106 Å². The van der Waals surface area contributed by atoms with Gasteiger partial charge in [0.05, 0.1) is 0 Å². The van der Waals surface area contributed by atoms with E-state index in [1.165, 1.54) is 31.4 Å². The van der Waals surface area contributed by atoms with Gasteiger partial charge in [0.25, 0.3) is 0 Å². The third kappa shape index (κ3) is 2.28. The molecular formula is C15H19F2N. The molecule has 98 valence electrons. The second kappa shape index (κ2) is 4.30. The quantitative estimate of drug-likeness (QED) is 0.851. The molecule has 0 amide bonds. The van der Waals surface area contributed by atoms with Crippen LogP contribution in [0.15, 0.2) is 18.2 Å². The van der Waals surface area contributed by atoms with Crippen molar-refractivity contribution in [1.29, 1.82) is 0 Å². The van der Waals surface area contributed by atoms with Crippen molar-refractivity contribution in [3.05, 3.63) is 35.4 Å². The Morgan fingerprint density at radius 2 is 1.67 bits per heavy atom. The second-order valence-corrected chi connectivity index (χ2v) is 6.01. The summed E-state index contributed by atoms with van der Waals surface area (Å²) in [7, 11) is 0. The summed E-state index contributed by atoms with van der Waals surface area (Å²) in [4.78, 5) is 0. The fourth-order valence-electron chi connectivity index (χ4n) is 3.43. The fraction of sp³-hybridized carbons (Fsp3) is 0.600. The molecule has 2 aliphatic carbocycles. The SMILES string of the molecule is NC1(c2cc(F)cc(F)c2)CCCC(C2CC2)C1. The van der Waals surface area contributed by atoms with Gasteiger partial charge in [0.2, 0.25) is 0 Å². The summed E-state index contributed by atoms with van der Waals surface area (Å²) in [5.74, 6) is 0.411. The van der Waals surface area contributed by atoms with Gasteiger partial charge in [-0.1, -0.05) is 12.8 Å². The molecule has 0 radical (unpaired) electrons. The van der Waals surface area contributed by atoms with E-state index in [9.17, 15) is 8.78 Å². The first-order valence-corrected chi connectivity index (χ1v) is 6.82. The van der Waals surface area contributed by atoms with Crippen LogP contribution in [0.2, 0.25) is 0 Å². The largest absolute Gasteiger partial charge is 0.321 e. The van der Waals surface area contributed by atoms with Gasteiger partial charge in [-0.2, -0.15) is 0 Å². The van der Waals surface area contributed by atoms with Crippen LogP contribution in [-0.4, -0.2) is 0 Å². The zero-order chi connectivity index (χ0) is 12.8. The van der Waals surface area contributed by atoms with Gasteiger partial charge in [-0.05, 0) is 55.2 Å². The lowest BCUT2D eigenvalue weighted by atomic mass is 9.71. The molecule has 3 rings (SSSR count). The molecule has 0 spiro atoms. The van der Waals surface area contributed by atoms with Crippen molar-refractivity contribution in [2.75, 3.05) is 0 Å². The van der Waals surface area contributed by atoms with Crippen molar-refractivity contribution in [2.24, 2.45) is 17.6 Å². The van der Waals surface area contributed by atoms with Crippen LogP contribution >= 0.6 is 0 Å². The summed E-state index contributed by atoms with van der Waals surface area (Å²) < 4.78 is 26.7. The van der Waals surface area contributed by atoms with Gasteiger partial charge >= 0.3 is 0 Å². The summed E-state index contributed by atoms with van der Waals surface area (Å²) in [5, 5.41) is 0. The number of hydrogen-bond donors (Lipinski definition) is 1. The van der Waals surface area contributed by atoms with Crippen molar-refractivity contribution in [3.8, 4) is 0 Å². The predicted molar refractivity (Wildman–Crippen MR) is 66.9 cm³/mol. The highest BCUT2D eigenvalue weighted by Gasteiger charge is 2.41. The summed E-state index contributed by atoms with van der Waals surface area (Å²) in [5.41, 5.74) is 6.54. The molecule has 0 aromatic heterocycles. The van der Waals surface area contributed by atoms with Gasteiger partial charge in [-0.3, -0.25) is 0 Å². The van der Waals surface area contributed by atoms with Gasteiger partial charge in [-0.25, -0.2) is 8.78 Å². The van der Waals surface area contributed by atoms with Gasteiger partial charge in [0.1, 0.15) is 11.6 Å². The monoisotopic (exact) mass is 251 g/mol. The number of rotatable bonds is 2. The molecule has 0 bridgehead atoms. The lowest BCUT2D eigenvalue weighted by Gasteiger charge is -2.38. The Morgan fingerprint density at radius 1 is 1.00 bits per heavy atom. The predicted octanol–water partition coefficient (Wildman–Crippen LogP) is 3.72. The van der Waals surface area contributed by atoms with E-state index in [-0.39, 0.29) is 0 Å². The number of benzene rings is 1. The maximum Gasteiger partial charge on any atom is 0.126 e. The minimum Gasteiger partial charge on any atom is -0.321 e. The molecule has 0 saturated heterocycles. The molecule has 1 aromatic carbocycles. The van der Waals surface area contributed by atoms with Gasteiger partial charge in [0.15, 0.2) is 0 Å². The first-order valence-electron chi connectivity index (χ1n) is 6.82. The van der Waals surface area contributed by atoms with E-state index in [1.54, 1.807) is 0 Å². The molecule has 1 aromatic rings. The minimum atomic E-state index is -0.533. The Bertz CT molecular complexity index is 436. The maximum absolute atomic E-state index is 13.3. The third-order valence-electron chi connectivity index (χ3n) is 4.55. The van der Waals surface area contributed by atoms with Crippen molar-refractivity contribution in [3.63, 3.8) is 0 Å². The van der Waals surface area contributed by atoms with Crippen molar-refractivity contribution in [1.82, 2.24) is 0 Å². The average molecular weight is 251 g/mol. The molecule has 18 heavy (non-hydrogen) atoms. The Morgan fingerprint density at radius 3 is 2.28 bits per heavy atom. The van der Waals surface area contributed by atoms with Crippen molar-refractivity contribution in [2.45, 2.75) is 44.1 Å². The van der Waals surface area contributed by atoms with Crippen LogP contribution in [0.3, 0.4) is 0 Å². The smallest absolute Gasteiger partial charge is 0.126 e. The van der Waals surface area contributed by atoms with E-state index in [1.807, 2.05) is 0 Å². The lowest BCUT2D eigenvalue weighted by molar-refractivity contribution is 0.206. The zero-order valence-corrected chi connectivity index (χ0v) is 10.5. The third-order valence-corrected chi connectivity index (χ3v) is 4.55. The van der Waals surface area contributed by atoms with Crippen LogP contribution in [0.1, 0.15) is 44.1 Å². The average Bonchev–Trinajstić information content (AvgIpc) is 3.11. The van der Waals surface area contributed by atoms with Crippen molar-refractivity contribution >= 4 is 0 Å². The van der Waals surface area contributed by atoms with Crippen LogP contribution in [0, 0.1) is 23.5 Å². The van der Waals surface area contributed by atoms with E-state index < -0.39 is 17.2 Å². The summed E-state index contributed by atoms with van der Waals surface area (Å²) >= 11 is 0. The highest BCUT2D eigenvalue weighted by atomic mass is 19.1. The lowest BCUT2D eigenvalue weighted by Crippen LogP contribution is -2.42. The van der Waals surface area contributed by atoms with E-state index in [4.69, 9.17) is 5.73 Å². The zero-order valence-electron chi connectivity index (χ0n) is 10.5. The molecule has 2 N–H and O–H groups in total. The Balaban J connectivity index is 1.87. The number of hydrogen-bond acceptors (Lipinski definition) is 1. The van der Waals surface area contributed by atoms with E-state index in [2.05, 4.69) is 0 Å². The highest BCUT2D eigenvalue weighted by molar-refractivity contribution is 5.26. The van der Waals surface area contributed by atoms with Gasteiger partial charge in [-0.15, -0.1) is 0 Å². The fourth-order valence-corrected chi connectivity index (χ4v) is 3.43. The summed E-state index contributed by atoms with van der Waals surface area (Å²) in [6.45, 7) is 0. The summed E-state index contributed by atoms with van der Waals surface area (Å²) in [6.07, 6.45) is 6.60. The first-order chi connectivity index (χ1) is 8.57. The van der Waals surface area contributed by atoms with Gasteiger partial charge < -0.3 is 5.73 Å². The van der Waals surface area contributed by atoms with E-state index in [0.29, 0.717) is 11.5 Å². The maximum atomic E-state index is 13.3. The molecule has 0 heterocycles. The molecule has 2 aliphatic rings. The molecular weight excluding hydrogens is 232 g/mol. The topological polar surface area (TPSA) is 26.0 Å². The molecule has 2 saturated carbocycles. The molecule has 0 aliphatic heterocycles. The van der Waals surface area contributed by atoms with Gasteiger partial charge in [0, 0.05) is 11.6 Å². The molecule has 2 unspecified atom stereocenters. The van der Waals surface area contributed by atoms with Crippen LogP contribution in [0.25, 0.3) is 0 Å². The molecule has 1 nitrogen and oxygen atoms in total. The van der Waals surface area contributed by atoms with E-state index >= 15 is 0 Å². The Kier molecular flexibility index (Phi) is 2.89. The molecule has 2 atom stereocenters. The molecule has 3 heteroatoms. The van der Waals surface area contributed by atoms with Crippen LogP contribution in [-0.2, 0) is 5.54 Å². The van der Waals surface area contributed by atoms with Crippen LogP contribution in [0.5, 0.6) is 0 Å². The standard InChI is InChI=1S/C15H19F2N/c16-13-6-12(7-14(17)8-13)15(18)5-1-2-11(9-15)10-3-4-10/h6-8,10-11H,1-5,9,18H2. The first kappa shape index (κ1) is 12.1. The van der Waals surface area contributed by atoms with Crippen LogP contribution in [0.4, 0.5) is 8.78 Å². The Hall–Kier alpha value is -0.960. The number of halogens is 2. The minimum absolute atomic E-state index is 0.525. The second-order valence-electron chi connectivity index (χ2n) is 6.01. The normalized spacial score (nSPS) is 32.5. The highest BCUT2D eigenvalue weighted by Crippen LogP contribution is 2.48. The molecule has 2 fully saturated rings. The van der Waals surface area contributed by atoms with E-state index in [0.717, 1.165) is 31.2 Å².